The molecule has 3 heteroatoms. The van der Waals surface area contributed by atoms with Crippen molar-refractivity contribution in [1.29, 1.82) is 0 Å². The topological polar surface area (TPSA) is 34.4 Å². The van der Waals surface area contributed by atoms with Crippen LogP contribution in [0.15, 0.2) is 96.0 Å². The van der Waals surface area contributed by atoms with Crippen molar-refractivity contribution in [3.05, 3.63) is 113 Å². The summed E-state index contributed by atoms with van der Waals surface area (Å²) in [5.41, 5.74) is 6.01. The van der Waals surface area contributed by atoms with Crippen molar-refractivity contribution in [1.82, 2.24) is 4.57 Å². The molecule has 4 rings (SSSR count). The number of ketones is 1. The van der Waals surface area contributed by atoms with Gasteiger partial charge in [0.05, 0.1) is 11.3 Å². The van der Waals surface area contributed by atoms with Crippen LogP contribution in [-0.2, 0) is 6.54 Å². The first kappa shape index (κ1) is 19.6. The van der Waals surface area contributed by atoms with Crippen molar-refractivity contribution in [3.8, 4) is 11.3 Å². The molecule has 0 spiro atoms. The monoisotopic (exact) mass is 392 g/mol. The Labute approximate surface area is 177 Å². The van der Waals surface area contributed by atoms with Gasteiger partial charge >= 0.3 is 0 Å². The number of hydrogen-bond acceptors (Lipinski definition) is 2. The molecule has 0 unspecified atom stereocenters. The van der Waals surface area contributed by atoms with E-state index in [0.717, 1.165) is 34.7 Å². The molecular weight excluding hydrogens is 368 g/mol. The molecule has 4 aromatic rings. The number of benzene rings is 3. The normalized spacial score (nSPS) is 11.1. The zero-order valence-electron chi connectivity index (χ0n) is 17.2. The molecule has 3 nitrogen and oxygen atoms in total. The van der Waals surface area contributed by atoms with Crippen LogP contribution >= 0.6 is 0 Å². The van der Waals surface area contributed by atoms with Crippen LogP contribution in [0.2, 0.25) is 0 Å². The molecule has 0 aliphatic carbocycles. The van der Waals surface area contributed by atoms with Gasteiger partial charge in [0.25, 0.3) is 0 Å². The van der Waals surface area contributed by atoms with E-state index in [2.05, 4.69) is 23.6 Å². The Balaban J connectivity index is 1.96. The summed E-state index contributed by atoms with van der Waals surface area (Å²) in [7, 11) is 0. The molecule has 0 amide bonds. The van der Waals surface area contributed by atoms with Crippen LogP contribution in [0.5, 0.6) is 0 Å². The predicted octanol–water partition coefficient (Wildman–Crippen LogP) is 6.47. The third-order valence-corrected chi connectivity index (χ3v) is 5.27. The summed E-state index contributed by atoms with van der Waals surface area (Å²) in [6.07, 6.45) is 1.84. The molecule has 0 atom stereocenters. The first-order chi connectivity index (χ1) is 14.7. The lowest BCUT2D eigenvalue weighted by Crippen LogP contribution is -2.05. The van der Waals surface area contributed by atoms with Gasteiger partial charge in [-0.05, 0) is 19.4 Å². The molecule has 1 aromatic heterocycles. The second kappa shape index (κ2) is 8.75. The highest BCUT2D eigenvalue weighted by Gasteiger charge is 2.25. The van der Waals surface area contributed by atoms with Gasteiger partial charge in [-0.2, -0.15) is 0 Å². The van der Waals surface area contributed by atoms with E-state index in [1.165, 1.54) is 0 Å². The van der Waals surface area contributed by atoms with E-state index >= 15 is 0 Å². The minimum atomic E-state index is -0.00214. The second-order valence-electron chi connectivity index (χ2n) is 7.13. The molecule has 30 heavy (non-hydrogen) atoms. The average molecular weight is 393 g/mol. The van der Waals surface area contributed by atoms with Gasteiger partial charge < -0.3 is 4.57 Å². The summed E-state index contributed by atoms with van der Waals surface area (Å²) in [4.78, 5) is 18.4. The quantitative estimate of drug-likeness (QED) is 0.274. The van der Waals surface area contributed by atoms with Crippen LogP contribution < -0.4 is 0 Å². The fourth-order valence-corrected chi connectivity index (χ4v) is 3.81. The fourth-order valence-electron chi connectivity index (χ4n) is 3.81. The lowest BCUT2D eigenvalue weighted by Gasteiger charge is -2.09. The summed E-state index contributed by atoms with van der Waals surface area (Å²) in [5, 5.41) is 0. The molecular formula is C27H24N2O. The van der Waals surface area contributed by atoms with Crippen molar-refractivity contribution >= 4 is 17.7 Å². The Bertz CT molecular complexity index is 1170. The standard InChI is InChI=1S/C27H24N2O/c1-3-29-20(2)24(27(30)23-17-11-6-12-18-23)25(26(29)22-15-9-5-10-16-22)28-19-21-13-7-4-8-14-21/h4-19H,3H2,1-2H3. The largest absolute Gasteiger partial charge is 0.343 e. The Kier molecular flexibility index (Phi) is 5.71. The van der Waals surface area contributed by atoms with Gasteiger partial charge in [0.1, 0.15) is 5.69 Å². The van der Waals surface area contributed by atoms with Crippen LogP contribution in [0.1, 0.15) is 34.1 Å². The summed E-state index contributed by atoms with van der Waals surface area (Å²) in [6, 6.07) is 29.6. The molecule has 0 bridgehead atoms. The Hall–Kier alpha value is -3.72. The van der Waals surface area contributed by atoms with E-state index < -0.39 is 0 Å². The van der Waals surface area contributed by atoms with E-state index in [1.54, 1.807) is 0 Å². The van der Waals surface area contributed by atoms with Crippen molar-refractivity contribution in [2.24, 2.45) is 4.99 Å². The zero-order chi connectivity index (χ0) is 20.9. The number of nitrogens with zero attached hydrogens (tertiary/aromatic N) is 2. The Morgan fingerprint density at radius 1 is 0.867 bits per heavy atom. The van der Waals surface area contributed by atoms with Crippen molar-refractivity contribution < 1.29 is 4.79 Å². The maximum Gasteiger partial charge on any atom is 0.197 e. The number of carbonyl (C=O) groups excluding carboxylic acids is 1. The summed E-state index contributed by atoms with van der Waals surface area (Å²) in [5.74, 6) is -0.00214. The van der Waals surface area contributed by atoms with E-state index in [9.17, 15) is 4.79 Å². The smallest absolute Gasteiger partial charge is 0.197 e. The summed E-state index contributed by atoms with van der Waals surface area (Å²) in [6.45, 7) is 4.86. The van der Waals surface area contributed by atoms with Gasteiger partial charge in [-0.1, -0.05) is 91.0 Å². The van der Waals surface area contributed by atoms with Gasteiger partial charge in [0.15, 0.2) is 5.78 Å². The number of carbonyl (C=O) groups is 1. The van der Waals surface area contributed by atoms with Gasteiger partial charge in [-0.3, -0.25) is 9.79 Å². The highest BCUT2D eigenvalue weighted by Crippen LogP contribution is 2.39. The molecule has 0 radical (unpaired) electrons. The number of hydrogen-bond donors (Lipinski definition) is 0. The van der Waals surface area contributed by atoms with Gasteiger partial charge in [-0.15, -0.1) is 0 Å². The first-order valence-electron chi connectivity index (χ1n) is 10.2. The molecule has 0 aliphatic heterocycles. The maximum atomic E-state index is 13.5. The average Bonchev–Trinajstić information content (AvgIpc) is 3.10. The lowest BCUT2D eigenvalue weighted by molar-refractivity contribution is 0.103. The molecule has 1 heterocycles. The van der Waals surface area contributed by atoms with E-state index in [-0.39, 0.29) is 5.78 Å². The Morgan fingerprint density at radius 3 is 2.03 bits per heavy atom. The van der Waals surface area contributed by atoms with Crippen LogP contribution in [0.3, 0.4) is 0 Å². The van der Waals surface area contributed by atoms with Gasteiger partial charge in [0.2, 0.25) is 0 Å². The predicted molar refractivity (Wildman–Crippen MR) is 124 cm³/mol. The highest BCUT2D eigenvalue weighted by atomic mass is 16.1. The summed E-state index contributed by atoms with van der Waals surface area (Å²) >= 11 is 0. The van der Waals surface area contributed by atoms with Crippen LogP contribution in [0, 0.1) is 6.92 Å². The highest BCUT2D eigenvalue weighted by molar-refractivity contribution is 6.15. The van der Waals surface area contributed by atoms with Crippen LogP contribution in [0.25, 0.3) is 11.3 Å². The van der Waals surface area contributed by atoms with Crippen LogP contribution in [-0.4, -0.2) is 16.6 Å². The number of aromatic nitrogens is 1. The zero-order valence-corrected chi connectivity index (χ0v) is 17.2. The third kappa shape index (κ3) is 3.74. The van der Waals surface area contributed by atoms with Gasteiger partial charge in [0, 0.05) is 29.6 Å². The summed E-state index contributed by atoms with van der Waals surface area (Å²) < 4.78 is 2.18. The molecule has 0 fully saturated rings. The van der Waals surface area contributed by atoms with E-state index in [4.69, 9.17) is 4.99 Å². The van der Waals surface area contributed by atoms with Crippen molar-refractivity contribution in [3.63, 3.8) is 0 Å². The fraction of sp³-hybridized carbons (Fsp3) is 0.111. The Morgan fingerprint density at radius 2 is 1.43 bits per heavy atom. The first-order valence-corrected chi connectivity index (χ1v) is 10.2. The minimum absolute atomic E-state index is 0.00214. The second-order valence-corrected chi connectivity index (χ2v) is 7.13. The molecule has 3 aromatic carbocycles. The number of rotatable bonds is 6. The van der Waals surface area contributed by atoms with Crippen molar-refractivity contribution in [2.45, 2.75) is 20.4 Å². The molecule has 0 saturated carbocycles. The minimum Gasteiger partial charge on any atom is -0.343 e. The number of aliphatic imine (C=N–C) groups is 1. The lowest BCUT2D eigenvalue weighted by atomic mass is 10.0. The SMILES string of the molecule is CCn1c(C)c(C(=O)c2ccccc2)c(N=Cc2ccccc2)c1-c1ccccc1. The van der Waals surface area contributed by atoms with Crippen LogP contribution in [0.4, 0.5) is 5.69 Å². The third-order valence-electron chi connectivity index (χ3n) is 5.27. The van der Waals surface area contributed by atoms with E-state index in [0.29, 0.717) is 11.1 Å². The molecule has 0 aliphatic rings. The van der Waals surface area contributed by atoms with E-state index in [1.807, 2.05) is 92.0 Å². The maximum absolute atomic E-state index is 13.5. The van der Waals surface area contributed by atoms with Crippen molar-refractivity contribution in [2.75, 3.05) is 0 Å². The molecule has 0 N–H and O–H groups in total. The van der Waals surface area contributed by atoms with Gasteiger partial charge in [-0.25, -0.2) is 0 Å². The molecule has 148 valence electrons. The molecule has 0 saturated heterocycles.